The number of rotatable bonds is 5. The summed E-state index contributed by atoms with van der Waals surface area (Å²) in [4.78, 5) is 37.8. The molecule has 1 unspecified atom stereocenters. The van der Waals surface area contributed by atoms with E-state index in [0.717, 1.165) is 16.8 Å². The van der Waals surface area contributed by atoms with Crippen LogP contribution in [0.1, 0.15) is 36.2 Å². The van der Waals surface area contributed by atoms with Gasteiger partial charge in [0.05, 0.1) is 18.2 Å². The highest BCUT2D eigenvalue weighted by molar-refractivity contribution is 5.92. The molecule has 8 heteroatoms. The molecule has 0 aliphatic carbocycles. The molecule has 2 amide bonds. The van der Waals surface area contributed by atoms with Crippen LogP contribution in [0.2, 0.25) is 0 Å². The smallest absolute Gasteiger partial charge is 0.308 e. The molecule has 28 heavy (non-hydrogen) atoms. The molecular formula is C20H22N4O4. The minimum atomic E-state index is -0.558. The van der Waals surface area contributed by atoms with Gasteiger partial charge in [0.2, 0.25) is 5.91 Å². The van der Waals surface area contributed by atoms with E-state index in [4.69, 9.17) is 4.74 Å². The molecule has 1 aliphatic rings. The average Bonchev–Trinajstić information content (AvgIpc) is 2.97. The summed E-state index contributed by atoms with van der Waals surface area (Å²) in [5.74, 6) is -0.665. The van der Waals surface area contributed by atoms with E-state index in [0.29, 0.717) is 5.82 Å². The molecule has 8 nitrogen and oxygen atoms in total. The van der Waals surface area contributed by atoms with Crippen molar-refractivity contribution in [2.75, 3.05) is 11.9 Å². The van der Waals surface area contributed by atoms with Gasteiger partial charge in [-0.05, 0) is 24.1 Å². The van der Waals surface area contributed by atoms with Crippen LogP contribution in [0.5, 0.6) is 0 Å². The van der Waals surface area contributed by atoms with Crippen molar-refractivity contribution in [1.29, 1.82) is 0 Å². The van der Waals surface area contributed by atoms with E-state index in [9.17, 15) is 14.4 Å². The zero-order valence-corrected chi connectivity index (χ0v) is 16.0. The number of nitrogens with one attached hydrogen (secondary N) is 1. The van der Waals surface area contributed by atoms with Gasteiger partial charge in [0, 0.05) is 26.2 Å². The number of anilines is 1. The molecule has 1 aromatic carbocycles. The predicted octanol–water partition coefficient (Wildman–Crippen LogP) is 2.17. The lowest BCUT2D eigenvalue weighted by molar-refractivity contribution is -0.149. The molecular weight excluding hydrogens is 360 g/mol. The molecule has 1 N–H and O–H groups in total. The van der Waals surface area contributed by atoms with E-state index in [1.54, 1.807) is 19.3 Å². The molecule has 1 atom stereocenters. The van der Waals surface area contributed by atoms with E-state index >= 15 is 0 Å². The van der Waals surface area contributed by atoms with Gasteiger partial charge in [0.1, 0.15) is 5.82 Å². The Morgan fingerprint density at radius 1 is 1.25 bits per heavy atom. The quantitative estimate of drug-likeness (QED) is 0.800. The number of amides is 2. The van der Waals surface area contributed by atoms with Crippen LogP contribution in [0.15, 0.2) is 36.5 Å². The molecule has 1 aromatic heterocycles. The molecule has 0 saturated heterocycles. The van der Waals surface area contributed by atoms with Gasteiger partial charge in [-0.3, -0.25) is 19.1 Å². The summed E-state index contributed by atoms with van der Waals surface area (Å²) in [6.07, 6.45) is 3.46. The first-order chi connectivity index (χ1) is 13.3. The number of carbonyl (C=O) groups excluding carboxylic acids is 3. The van der Waals surface area contributed by atoms with E-state index in [1.807, 2.05) is 37.3 Å². The van der Waals surface area contributed by atoms with Gasteiger partial charge in [-0.15, -0.1) is 0 Å². The molecule has 146 valence electrons. The second kappa shape index (κ2) is 8.08. The van der Waals surface area contributed by atoms with Crippen LogP contribution in [0, 0.1) is 6.92 Å². The molecule has 3 rings (SSSR count). The number of carbonyl (C=O) groups is 3. The zero-order valence-electron chi connectivity index (χ0n) is 16.0. The zero-order chi connectivity index (χ0) is 20.3. The van der Waals surface area contributed by atoms with Crippen LogP contribution in [0.3, 0.4) is 0 Å². The summed E-state index contributed by atoms with van der Waals surface area (Å²) < 4.78 is 6.66. The first-order valence-electron chi connectivity index (χ1n) is 8.87. The SMILES string of the molecule is CC(=O)N1C=Cc2ccccc2C1CC(=O)OCC(=O)Nc1cc(C)nn1C. The summed E-state index contributed by atoms with van der Waals surface area (Å²) in [5, 5.41) is 6.77. The third-order valence-corrected chi connectivity index (χ3v) is 4.46. The number of hydrogen-bond acceptors (Lipinski definition) is 5. The van der Waals surface area contributed by atoms with Gasteiger partial charge in [0.15, 0.2) is 6.61 Å². The van der Waals surface area contributed by atoms with Crippen LogP contribution < -0.4 is 5.32 Å². The molecule has 0 radical (unpaired) electrons. The number of ether oxygens (including phenoxy) is 1. The average molecular weight is 382 g/mol. The Balaban J connectivity index is 1.61. The molecule has 0 spiro atoms. The summed E-state index contributed by atoms with van der Waals surface area (Å²) in [6, 6.07) is 8.81. The van der Waals surface area contributed by atoms with Gasteiger partial charge >= 0.3 is 5.97 Å². The Labute approximate surface area is 162 Å². The minimum Gasteiger partial charge on any atom is -0.455 e. The molecule has 1 aliphatic heterocycles. The molecule has 0 fully saturated rings. The lowest BCUT2D eigenvalue weighted by Crippen LogP contribution is -2.33. The fourth-order valence-corrected chi connectivity index (χ4v) is 3.18. The van der Waals surface area contributed by atoms with Crippen molar-refractivity contribution >= 4 is 29.7 Å². The topological polar surface area (TPSA) is 93.5 Å². The lowest BCUT2D eigenvalue weighted by Gasteiger charge is -2.32. The highest BCUT2D eigenvalue weighted by atomic mass is 16.5. The van der Waals surface area contributed by atoms with Gasteiger partial charge in [-0.25, -0.2) is 0 Å². The van der Waals surface area contributed by atoms with Crippen molar-refractivity contribution in [2.24, 2.45) is 7.05 Å². The first-order valence-corrected chi connectivity index (χ1v) is 8.87. The highest BCUT2D eigenvalue weighted by Gasteiger charge is 2.29. The normalized spacial score (nSPS) is 15.1. The van der Waals surface area contributed by atoms with Gasteiger partial charge < -0.3 is 15.0 Å². The maximum Gasteiger partial charge on any atom is 0.308 e. The maximum atomic E-state index is 12.3. The minimum absolute atomic E-state index is 0.0426. The number of aryl methyl sites for hydroxylation is 2. The summed E-state index contributed by atoms with van der Waals surface area (Å²) in [7, 11) is 1.71. The second-order valence-corrected chi connectivity index (χ2v) is 6.59. The van der Waals surface area contributed by atoms with Crippen molar-refractivity contribution in [1.82, 2.24) is 14.7 Å². The van der Waals surface area contributed by atoms with Crippen molar-refractivity contribution in [2.45, 2.75) is 26.3 Å². The van der Waals surface area contributed by atoms with Crippen molar-refractivity contribution in [3.8, 4) is 0 Å². The molecule has 2 heterocycles. The predicted molar refractivity (Wildman–Crippen MR) is 103 cm³/mol. The first kappa shape index (κ1) is 19.3. The summed E-state index contributed by atoms with van der Waals surface area (Å²) in [6.45, 7) is 2.85. The van der Waals surface area contributed by atoms with Gasteiger partial charge in [-0.1, -0.05) is 24.3 Å². The number of nitrogens with zero attached hydrogens (tertiary/aromatic N) is 3. The standard InChI is InChI=1S/C20H22N4O4/c1-13-10-18(23(3)22-13)21-19(26)12-28-20(27)11-17-16-7-5-4-6-15(16)8-9-24(17)14(2)25/h4-10,17H,11-12H2,1-3H3,(H,21,26). The lowest BCUT2D eigenvalue weighted by atomic mass is 9.94. The number of hydrogen-bond donors (Lipinski definition) is 1. The van der Waals surface area contributed by atoms with Crippen LogP contribution in [0.25, 0.3) is 6.08 Å². The molecule has 0 saturated carbocycles. The van der Waals surface area contributed by atoms with Gasteiger partial charge in [-0.2, -0.15) is 5.10 Å². The Hall–Kier alpha value is -3.42. The Morgan fingerprint density at radius 2 is 2.00 bits per heavy atom. The van der Waals surface area contributed by atoms with Crippen LogP contribution in [0.4, 0.5) is 5.82 Å². The number of esters is 1. The Bertz CT molecular complexity index is 947. The summed E-state index contributed by atoms with van der Waals surface area (Å²) in [5.41, 5.74) is 2.58. The monoisotopic (exact) mass is 382 g/mol. The highest BCUT2D eigenvalue weighted by Crippen LogP contribution is 2.33. The Kier molecular flexibility index (Phi) is 5.58. The molecule has 2 aromatic rings. The third-order valence-electron chi connectivity index (χ3n) is 4.46. The van der Waals surface area contributed by atoms with Crippen molar-refractivity contribution in [3.63, 3.8) is 0 Å². The fraction of sp³-hybridized carbons (Fsp3) is 0.300. The van der Waals surface area contributed by atoms with Crippen LogP contribution >= 0.6 is 0 Å². The largest absolute Gasteiger partial charge is 0.455 e. The number of aromatic nitrogens is 2. The summed E-state index contributed by atoms with van der Waals surface area (Å²) >= 11 is 0. The molecule has 0 bridgehead atoms. The van der Waals surface area contributed by atoms with E-state index in [-0.39, 0.29) is 12.3 Å². The van der Waals surface area contributed by atoms with E-state index in [1.165, 1.54) is 16.5 Å². The van der Waals surface area contributed by atoms with Crippen LogP contribution in [-0.4, -0.2) is 39.1 Å². The van der Waals surface area contributed by atoms with Crippen molar-refractivity contribution < 1.29 is 19.1 Å². The Morgan fingerprint density at radius 3 is 2.68 bits per heavy atom. The third kappa shape index (κ3) is 4.28. The maximum absolute atomic E-state index is 12.3. The van der Waals surface area contributed by atoms with Crippen LogP contribution in [-0.2, 0) is 26.2 Å². The number of benzene rings is 1. The van der Waals surface area contributed by atoms with E-state index in [2.05, 4.69) is 10.4 Å². The van der Waals surface area contributed by atoms with Gasteiger partial charge in [0.25, 0.3) is 5.91 Å². The number of fused-ring (bicyclic) bond motifs is 1. The fourth-order valence-electron chi connectivity index (χ4n) is 3.18. The van der Waals surface area contributed by atoms with Crippen molar-refractivity contribution in [3.05, 3.63) is 53.4 Å². The van der Waals surface area contributed by atoms with E-state index < -0.39 is 24.5 Å². The second-order valence-electron chi connectivity index (χ2n) is 6.59.